The summed E-state index contributed by atoms with van der Waals surface area (Å²) in [5.74, 6) is 0. The van der Waals surface area contributed by atoms with Gasteiger partial charge >= 0.3 is 0 Å². The van der Waals surface area contributed by atoms with E-state index in [9.17, 15) is 0 Å². The first kappa shape index (κ1) is 6.34. The van der Waals surface area contributed by atoms with Gasteiger partial charge in [0.2, 0.25) is 0 Å². The minimum Gasteiger partial charge on any atom is -0.0879 e. The molecule has 0 saturated carbocycles. The van der Waals surface area contributed by atoms with E-state index in [1.807, 2.05) is 0 Å². The van der Waals surface area contributed by atoms with Crippen LogP contribution in [0.3, 0.4) is 0 Å². The quantitative estimate of drug-likeness (QED) is 0.431. The summed E-state index contributed by atoms with van der Waals surface area (Å²) in [5, 5.41) is 0. The van der Waals surface area contributed by atoms with Gasteiger partial charge in [-0.05, 0) is 19.3 Å². The second-order valence-corrected chi connectivity index (χ2v) is 2.14. The van der Waals surface area contributed by atoms with Gasteiger partial charge < -0.3 is 0 Å². The van der Waals surface area contributed by atoms with Crippen LogP contribution >= 0.6 is 0 Å². The van der Waals surface area contributed by atoms with Crippen LogP contribution in [0.25, 0.3) is 0 Å². The molecule has 0 atom stereocenters. The second-order valence-electron chi connectivity index (χ2n) is 2.14. The molecule has 0 heterocycles. The van der Waals surface area contributed by atoms with Crippen molar-refractivity contribution in [3.63, 3.8) is 0 Å². The van der Waals surface area contributed by atoms with Crippen molar-refractivity contribution in [3.05, 3.63) is 36.5 Å². The van der Waals surface area contributed by atoms with Gasteiger partial charge in [0, 0.05) is 0 Å². The fourth-order valence-electron chi connectivity index (χ4n) is 0.817. The van der Waals surface area contributed by atoms with E-state index in [-0.39, 0.29) is 0 Å². The van der Waals surface area contributed by atoms with Gasteiger partial charge in [-0.25, -0.2) is 0 Å². The Morgan fingerprint density at radius 3 is 2.44 bits per heavy atom. The summed E-state index contributed by atoms with van der Waals surface area (Å²) >= 11 is 0. The molecule has 0 saturated heterocycles. The molecule has 0 aromatic rings. The number of hydrogen-bond acceptors (Lipinski definition) is 0. The summed E-state index contributed by atoms with van der Waals surface area (Å²) in [7, 11) is 0. The molecule has 1 rings (SSSR count). The molecule has 0 aliphatic heterocycles. The Balaban J connectivity index is 2.43. The van der Waals surface area contributed by atoms with Crippen molar-refractivity contribution in [3.8, 4) is 0 Å². The van der Waals surface area contributed by atoms with E-state index in [1.165, 1.54) is 12.8 Å². The van der Waals surface area contributed by atoms with Crippen molar-refractivity contribution in [1.29, 1.82) is 0 Å². The first-order chi connectivity index (χ1) is 4.50. The van der Waals surface area contributed by atoms with E-state index >= 15 is 0 Å². The highest BCUT2D eigenvalue weighted by Gasteiger charge is 1.77. The maximum Gasteiger partial charge on any atom is -0.0166 e. The molecular weight excluding hydrogens is 108 g/mol. The number of rotatable bonds is 0. The molecule has 0 unspecified atom stereocenters. The third-order valence-corrected chi connectivity index (χ3v) is 1.32. The van der Waals surface area contributed by atoms with Crippen LogP contribution in [-0.4, -0.2) is 0 Å². The Kier molecular flexibility index (Phi) is 2.91. The van der Waals surface area contributed by atoms with Gasteiger partial charge in [-0.3, -0.25) is 0 Å². The Morgan fingerprint density at radius 2 is 1.44 bits per heavy atom. The Hall–Kier alpha value is -0.780. The summed E-state index contributed by atoms with van der Waals surface area (Å²) < 4.78 is 0. The lowest BCUT2D eigenvalue weighted by atomic mass is 10.3. The molecule has 0 heteroatoms. The van der Waals surface area contributed by atoms with Crippen LogP contribution in [0, 0.1) is 0 Å². The Labute approximate surface area is 56.6 Å². The van der Waals surface area contributed by atoms with E-state index in [1.54, 1.807) is 0 Å². The topological polar surface area (TPSA) is 0 Å². The van der Waals surface area contributed by atoms with E-state index in [2.05, 4.69) is 36.5 Å². The SMILES string of the molecule is C1=CCC=CCCC=C1. The molecule has 0 bridgehead atoms. The van der Waals surface area contributed by atoms with Gasteiger partial charge in [0.1, 0.15) is 0 Å². The third kappa shape index (κ3) is 2.91. The van der Waals surface area contributed by atoms with Crippen molar-refractivity contribution >= 4 is 0 Å². The van der Waals surface area contributed by atoms with E-state index in [0.717, 1.165) is 6.42 Å². The third-order valence-electron chi connectivity index (χ3n) is 1.32. The molecule has 0 radical (unpaired) electrons. The van der Waals surface area contributed by atoms with Gasteiger partial charge in [-0.1, -0.05) is 36.5 Å². The van der Waals surface area contributed by atoms with Crippen LogP contribution in [-0.2, 0) is 0 Å². The highest BCUT2D eigenvalue weighted by atomic mass is 13.8. The van der Waals surface area contributed by atoms with Crippen molar-refractivity contribution in [2.45, 2.75) is 19.3 Å². The molecule has 0 aromatic heterocycles. The van der Waals surface area contributed by atoms with E-state index in [4.69, 9.17) is 0 Å². The predicted molar refractivity (Wildman–Crippen MR) is 41.3 cm³/mol. The molecule has 0 fully saturated rings. The predicted octanol–water partition coefficient (Wildman–Crippen LogP) is 2.84. The second kappa shape index (κ2) is 4.13. The van der Waals surface area contributed by atoms with Gasteiger partial charge in [0.25, 0.3) is 0 Å². The van der Waals surface area contributed by atoms with Crippen molar-refractivity contribution in [2.24, 2.45) is 0 Å². The molecule has 1 aliphatic carbocycles. The molecule has 48 valence electrons. The Bertz CT molecular complexity index is 138. The largest absolute Gasteiger partial charge is 0.0879 e. The highest BCUT2D eigenvalue weighted by Crippen LogP contribution is 1.98. The summed E-state index contributed by atoms with van der Waals surface area (Å²) in [6.45, 7) is 0. The number of allylic oxidation sites excluding steroid dienone is 6. The summed E-state index contributed by atoms with van der Waals surface area (Å²) in [5.41, 5.74) is 0. The molecule has 0 N–H and O–H groups in total. The molecule has 0 nitrogen and oxygen atoms in total. The smallest absolute Gasteiger partial charge is 0.0166 e. The van der Waals surface area contributed by atoms with Gasteiger partial charge in [0.15, 0.2) is 0 Å². The van der Waals surface area contributed by atoms with Crippen molar-refractivity contribution in [2.75, 3.05) is 0 Å². The lowest BCUT2D eigenvalue weighted by Crippen LogP contribution is -1.61. The van der Waals surface area contributed by atoms with Crippen LogP contribution in [0.15, 0.2) is 36.5 Å². The van der Waals surface area contributed by atoms with Gasteiger partial charge in [-0.15, -0.1) is 0 Å². The molecule has 0 aromatic carbocycles. The lowest BCUT2D eigenvalue weighted by molar-refractivity contribution is 1.05. The minimum atomic E-state index is 1.09. The monoisotopic (exact) mass is 120 g/mol. The molecule has 0 spiro atoms. The zero-order valence-electron chi connectivity index (χ0n) is 5.59. The summed E-state index contributed by atoms with van der Waals surface area (Å²) in [6.07, 6.45) is 16.5. The maximum absolute atomic E-state index is 2.24. The van der Waals surface area contributed by atoms with Crippen LogP contribution < -0.4 is 0 Å². The van der Waals surface area contributed by atoms with Crippen molar-refractivity contribution in [1.82, 2.24) is 0 Å². The van der Waals surface area contributed by atoms with E-state index in [0.29, 0.717) is 0 Å². The van der Waals surface area contributed by atoms with Gasteiger partial charge in [-0.2, -0.15) is 0 Å². The van der Waals surface area contributed by atoms with E-state index < -0.39 is 0 Å². The fourth-order valence-corrected chi connectivity index (χ4v) is 0.817. The molecule has 9 heavy (non-hydrogen) atoms. The average Bonchev–Trinajstić information content (AvgIpc) is 2.00. The lowest BCUT2D eigenvalue weighted by Gasteiger charge is -1.81. The van der Waals surface area contributed by atoms with Gasteiger partial charge in [0.05, 0.1) is 0 Å². The zero-order valence-corrected chi connectivity index (χ0v) is 5.59. The minimum absolute atomic E-state index is 1.09. The molecule has 0 amide bonds. The summed E-state index contributed by atoms with van der Waals surface area (Å²) in [6, 6.07) is 0. The number of hydrogen-bond donors (Lipinski definition) is 0. The van der Waals surface area contributed by atoms with Crippen LogP contribution in [0.5, 0.6) is 0 Å². The van der Waals surface area contributed by atoms with Crippen LogP contribution in [0.2, 0.25) is 0 Å². The standard InChI is InChI=1S/C9H12/c1-2-4-6-8-9-7-5-3-1/h1-4,7,9H,5-6,8H2. The Morgan fingerprint density at radius 1 is 0.667 bits per heavy atom. The summed E-state index contributed by atoms with van der Waals surface area (Å²) in [4.78, 5) is 0. The maximum atomic E-state index is 2.24. The average molecular weight is 120 g/mol. The molecular formula is C9H12. The fraction of sp³-hybridized carbons (Fsp3) is 0.333. The zero-order chi connectivity index (χ0) is 6.36. The highest BCUT2D eigenvalue weighted by molar-refractivity contribution is 5.06. The molecule has 1 aliphatic rings. The first-order valence-electron chi connectivity index (χ1n) is 3.47. The normalized spacial score (nSPS) is 18.7. The van der Waals surface area contributed by atoms with Crippen LogP contribution in [0.4, 0.5) is 0 Å². The van der Waals surface area contributed by atoms with Crippen molar-refractivity contribution < 1.29 is 0 Å². The van der Waals surface area contributed by atoms with Crippen LogP contribution in [0.1, 0.15) is 19.3 Å². The first-order valence-corrected chi connectivity index (χ1v) is 3.47.